The van der Waals surface area contributed by atoms with Gasteiger partial charge in [0.2, 0.25) is 0 Å². The topological polar surface area (TPSA) is 49.4 Å². The third-order valence-corrected chi connectivity index (χ3v) is 5.24. The van der Waals surface area contributed by atoms with Crippen LogP contribution >= 0.6 is 0 Å². The van der Waals surface area contributed by atoms with Gasteiger partial charge in [-0.2, -0.15) is 0 Å². The molecule has 1 heterocycles. The van der Waals surface area contributed by atoms with Gasteiger partial charge >= 0.3 is 0 Å². The second kappa shape index (κ2) is 5.47. The molecule has 16 heavy (non-hydrogen) atoms. The highest BCUT2D eigenvalue weighted by Crippen LogP contribution is 2.21. The number of sulfone groups is 1. The zero-order chi connectivity index (χ0) is 12.3. The molecule has 0 amide bonds. The summed E-state index contributed by atoms with van der Waals surface area (Å²) in [5.41, 5.74) is 0. The molecule has 5 heteroatoms. The lowest BCUT2D eigenvalue weighted by atomic mass is 10.0. The molecule has 0 spiro atoms. The Bertz CT molecular complexity index is 314. The molecule has 0 aliphatic carbocycles. The summed E-state index contributed by atoms with van der Waals surface area (Å²) in [7, 11) is 1.21. The van der Waals surface area contributed by atoms with E-state index in [4.69, 9.17) is 0 Å². The van der Waals surface area contributed by atoms with Crippen LogP contribution in [0.25, 0.3) is 0 Å². The van der Waals surface area contributed by atoms with E-state index in [-0.39, 0.29) is 6.04 Å². The lowest BCUT2D eigenvalue weighted by Crippen LogP contribution is -2.48. The molecule has 4 nitrogen and oxygen atoms in total. The van der Waals surface area contributed by atoms with Gasteiger partial charge in [0.05, 0.1) is 11.5 Å². The number of nitrogens with zero attached hydrogens (tertiary/aromatic N) is 1. The molecule has 96 valence electrons. The minimum Gasteiger partial charge on any atom is -0.318 e. The van der Waals surface area contributed by atoms with E-state index in [1.165, 1.54) is 0 Å². The standard InChI is InChI=1S/C11H24N2O2S/c1-9(2)11(7-12-3)13(4)10-5-6-16(14,15)8-10/h9-12H,5-8H2,1-4H3. The number of hydrogen-bond donors (Lipinski definition) is 1. The van der Waals surface area contributed by atoms with Crippen molar-refractivity contribution in [2.24, 2.45) is 5.92 Å². The molecule has 0 bridgehead atoms. The van der Waals surface area contributed by atoms with E-state index in [9.17, 15) is 8.42 Å². The molecule has 2 atom stereocenters. The average Bonchev–Trinajstić information content (AvgIpc) is 2.53. The zero-order valence-corrected chi connectivity index (χ0v) is 11.5. The molecule has 1 aliphatic rings. The number of likely N-dealkylation sites (N-methyl/N-ethyl adjacent to an activating group) is 2. The minimum atomic E-state index is -2.78. The van der Waals surface area contributed by atoms with Gasteiger partial charge in [-0.15, -0.1) is 0 Å². The highest BCUT2D eigenvalue weighted by Gasteiger charge is 2.34. The van der Waals surface area contributed by atoms with Crippen LogP contribution in [0.4, 0.5) is 0 Å². The van der Waals surface area contributed by atoms with E-state index in [1.807, 2.05) is 14.1 Å². The Balaban J connectivity index is 2.65. The lowest BCUT2D eigenvalue weighted by Gasteiger charge is -2.35. The van der Waals surface area contributed by atoms with Gasteiger partial charge in [0.25, 0.3) is 0 Å². The van der Waals surface area contributed by atoms with Gasteiger partial charge in [0.1, 0.15) is 0 Å². The first kappa shape index (κ1) is 13.9. The van der Waals surface area contributed by atoms with Crippen LogP contribution in [0.2, 0.25) is 0 Å². The molecule has 0 aromatic heterocycles. The second-order valence-electron chi connectivity index (χ2n) is 5.09. The van der Waals surface area contributed by atoms with Crippen LogP contribution in [0.5, 0.6) is 0 Å². The van der Waals surface area contributed by atoms with Crippen molar-refractivity contribution in [1.29, 1.82) is 0 Å². The Labute approximate surface area is 99.3 Å². The molecule has 0 aromatic rings. The Morgan fingerprint density at radius 1 is 1.44 bits per heavy atom. The van der Waals surface area contributed by atoms with E-state index in [0.717, 1.165) is 13.0 Å². The number of nitrogens with one attached hydrogen (secondary N) is 1. The van der Waals surface area contributed by atoms with Gasteiger partial charge in [0.15, 0.2) is 9.84 Å². The Morgan fingerprint density at radius 3 is 2.44 bits per heavy atom. The summed E-state index contributed by atoms with van der Waals surface area (Å²) in [6.45, 7) is 5.27. The summed E-state index contributed by atoms with van der Waals surface area (Å²) in [5, 5.41) is 3.18. The molecular weight excluding hydrogens is 224 g/mol. The fourth-order valence-corrected chi connectivity index (χ4v) is 4.21. The van der Waals surface area contributed by atoms with E-state index in [2.05, 4.69) is 24.1 Å². The average molecular weight is 248 g/mol. The normalized spacial score (nSPS) is 26.5. The summed E-state index contributed by atoms with van der Waals surface area (Å²) < 4.78 is 22.9. The van der Waals surface area contributed by atoms with Crippen molar-refractivity contribution in [2.75, 3.05) is 32.1 Å². The fourth-order valence-electron chi connectivity index (χ4n) is 2.43. The zero-order valence-electron chi connectivity index (χ0n) is 10.7. The summed E-state index contributed by atoms with van der Waals surface area (Å²) >= 11 is 0. The van der Waals surface area contributed by atoms with Crippen molar-refractivity contribution in [1.82, 2.24) is 10.2 Å². The Hall–Kier alpha value is -0.130. The van der Waals surface area contributed by atoms with Crippen molar-refractivity contribution in [3.8, 4) is 0 Å². The molecule has 1 fully saturated rings. The van der Waals surface area contributed by atoms with Crippen molar-refractivity contribution >= 4 is 9.84 Å². The van der Waals surface area contributed by atoms with E-state index in [0.29, 0.717) is 23.5 Å². The maximum absolute atomic E-state index is 11.5. The van der Waals surface area contributed by atoms with Crippen molar-refractivity contribution < 1.29 is 8.42 Å². The third kappa shape index (κ3) is 3.43. The highest BCUT2D eigenvalue weighted by molar-refractivity contribution is 7.91. The fraction of sp³-hybridized carbons (Fsp3) is 1.00. The first-order valence-corrected chi connectivity index (χ1v) is 7.76. The largest absolute Gasteiger partial charge is 0.318 e. The van der Waals surface area contributed by atoms with Gasteiger partial charge < -0.3 is 5.32 Å². The quantitative estimate of drug-likeness (QED) is 0.763. The summed E-state index contributed by atoms with van der Waals surface area (Å²) in [4.78, 5) is 2.24. The van der Waals surface area contributed by atoms with Gasteiger partial charge in [-0.05, 0) is 26.4 Å². The molecule has 0 saturated carbocycles. The summed E-state index contributed by atoms with van der Waals surface area (Å²) in [6.07, 6.45) is 0.783. The van der Waals surface area contributed by atoms with Crippen LogP contribution < -0.4 is 5.32 Å². The van der Waals surface area contributed by atoms with E-state index in [1.54, 1.807) is 0 Å². The van der Waals surface area contributed by atoms with Crippen molar-refractivity contribution in [3.63, 3.8) is 0 Å². The molecule has 0 aromatic carbocycles. The van der Waals surface area contributed by atoms with Crippen LogP contribution in [0, 0.1) is 5.92 Å². The first-order chi connectivity index (χ1) is 7.37. The van der Waals surface area contributed by atoms with Crippen LogP contribution in [-0.4, -0.2) is 57.5 Å². The Kier molecular flexibility index (Phi) is 4.76. The predicted octanol–water partition coefficient (Wildman–Crippen LogP) is 0.349. The maximum atomic E-state index is 11.5. The molecule has 1 rings (SSSR count). The Morgan fingerprint density at radius 2 is 2.06 bits per heavy atom. The number of rotatable bonds is 5. The third-order valence-electron chi connectivity index (χ3n) is 3.49. The van der Waals surface area contributed by atoms with Crippen molar-refractivity contribution in [2.45, 2.75) is 32.4 Å². The van der Waals surface area contributed by atoms with Gasteiger partial charge in [-0.1, -0.05) is 13.8 Å². The molecule has 2 unspecified atom stereocenters. The van der Waals surface area contributed by atoms with Crippen LogP contribution in [0.1, 0.15) is 20.3 Å². The smallest absolute Gasteiger partial charge is 0.151 e. The first-order valence-electron chi connectivity index (χ1n) is 5.94. The van der Waals surface area contributed by atoms with Crippen LogP contribution in [-0.2, 0) is 9.84 Å². The van der Waals surface area contributed by atoms with Gasteiger partial charge in [-0.3, -0.25) is 4.90 Å². The number of hydrogen-bond acceptors (Lipinski definition) is 4. The molecular formula is C11H24N2O2S. The monoisotopic (exact) mass is 248 g/mol. The summed E-state index contributed by atoms with van der Waals surface area (Å²) in [5.74, 6) is 1.21. The summed E-state index contributed by atoms with van der Waals surface area (Å²) in [6, 6.07) is 0.606. The van der Waals surface area contributed by atoms with Crippen LogP contribution in [0.15, 0.2) is 0 Å². The van der Waals surface area contributed by atoms with E-state index >= 15 is 0 Å². The van der Waals surface area contributed by atoms with Gasteiger partial charge in [-0.25, -0.2) is 8.42 Å². The highest BCUT2D eigenvalue weighted by atomic mass is 32.2. The molecule has 1 N–H and O–H groups in total. The molecule has 1 aliphatic heterocycles. The minimum absolute atomic E-state index is 0.200. The second-order valence-corrected chi connectivity index (χ2v) is 7.32. The maximum Gasteiger partial charge on any atom is 0.151 e. The van der Waals surface area contributed by atoms with Crippen LogP contribution in [0.3, 0.4) is 0 Å². The van der Waals surface area contributed by atoms with Gasteiger partial charge in [0, 0.05) is 18.6 Å². The van der Waals surface area contributed by atoms with E-state index < -0.39 is 9.84 Å². The SMILES string of the molecule is CNCC(C(C)C)N(C)C1CCS(=O)(=O)C1. The predicted molar refractivity (Wildman–Crippen MR) is 67.4 cm³/mol. The molecule has 0 radical (unpaired) electrons. The van der Waals surface area contributed by atoms with Crippen molar-refractivity contribution in [3.05, 3.63) is 0 Å². The molecule has 1 saturated heterocycles. The lowest BCUT2D eigenvalue weighted by molar-refractivity contribution is 0.146.